The van der Waals surface area contributed by atoms with E-state index in [1.165, 1.54) is 23.3 Å². The van der Waals surface area contributed by atoms with Crippen LogP contribution in [0.1, 0.15) is 35.0 Å². The minimum atomic E-state index is 0.308. The fourth-order valence-electron chi connectivity index (χ4n) is 3.57. The first kappa shape index (κ1) is 19.5. The Bertz CT molecular complexity index is 969. The second-order valence-electron chi connectivity index (χ2n) is 6.95. The van der Waals surface area contributed by atoms with Crippen LogP contribution >= 0.6 is 11.3 Å². The normalized spacial score (nSPS) is 16.6. The van der Waals surface area contributed by atoms with Gasteiger partial charge in [-0.25, -0.2) is 9.97 Å². The zero-order valence-corrected chi connectivity index (χ0v) is 16.9. The number of nitrogens with zero attached hydrogens (tertiary/aromatic N) is 4. The van der Waals surface area contributed by atoms with Gasteiger partial charge in [-0.2, -0.15) is 5.26 Å². The number of pyridine rings is 1. The predicted octanol–water partition coefficient (Wildman–Crippen LogP) is 4.51. The maximum absolute atomic E-state index is 8.95. The summed E-state index contributed by atoms with van der Waals surface area (Å²) in [6.07, 6.45) is 3.84. The standard InChI is InChI=1S/C22H23N5OS/c23-14-18-15-24-22(29-18)26-21-10-4-8-19(25-21)20-9-5-11-27(20)12-13-28-16-17-6-2-1-3-7-17/h1-4,6-8,10,15,20H,5,9,11-13,16H2,(H,24,25,26)/t20-/m1/s1. The van der Waals surface area contributed by atoms with Gasteiger partial charge in [0.2, 0.25) is 0 Å². The van der Waals surface area contributed by atoms with Gasteiger partial charge in [0.15, 0.2) is 5.13 Å². The molecule has 1 fully saturated rings. The Balaban J connectivity index is 1.33. The highest BCUT2D eigenvalue weighted by atomic mass is 32.1. The number of aromatic nitrogens is 2. The molecule has 0 saturated carbocycles. The van der Waals surface area contributed by atoms with E-state index in [2.05, 4.69) is 39.5 Å². The molecule has 0 spiro atoms. The summed E-state index contributed by atoms with van der Waals surface area (Å²) in [4.78, 5) is 12.1. The molecule has 1 saturated heterocycles. The average Bonchev–Trinajstić information content (AvgIpc) is 3.41. The van der Waals surface area contributed by atoms with Crippen molar-refractivity contribution in [3.8, 4) is 6.07 Å². The van der Waals surface area contributed by atoms with Gasteiger partial charge in [-0.1, -0.05) is 47.7 Å². The lowest BCUT2D eigenvalue weighted by Crippen LogP contribution is -2.27. The number of benzene rings is 1. The number of anilines is 2. The maximum Gasteiger partial charge on any atom is 0.189 e. The lowest BCUT2D eigenvalue weighted by Gasteiger charge is -2.24. The Morgan fingerprint density at radius 1 is 1.21 bits per heavy atom. The fraction of sp³-hybridized carbons (Fsp3) is 0.318. The third-order valence-corrected chi connectivity index (χ3v) is 5.78. The van der Waals surface area contributed by atoms with Gasteiger partial charge >= 0.3 is 0 Å². The molecule has 29 heavy (non-hydrogen) atoms. The number of nitrogens with one attached hydrogen (secondary N) is 1. The van der Waals surface area contributed by atoms with Crippen molar-refractivity contribution in [2.45, 2.75) is 25.5 Å². The zero-order valence-electron chi connectivity index (χ0n) is 16.1. The number of likely N-dealkylation sites (tertiary alicyclic amines) is 1. The van der Waals surface area contributed by atoms with Crippen LogP contribution in [0.2, 0.25) is 0 Å². The van der Waals surface area contributed by atoms with Crippen molar-refractivity contribution in [3.63, 3.8) is 0 Å². The number of thiazole rings is 1. The van der Waals surface area contributed by atoms with E-state index >= 15 is 0 Å². The van der Waals surface area contributed by atoms with Crippen molar-refractivity contribution in [3.05, 3.63) is 70.9 Å². The van der Waals surface area contributed by atoms with E-state index in [9.17, 15) is 0 Å². The fourth-order valence-corrected chi connectivity index (χ4v) is 4.19. The Morgan fingerprint density at radius 2 is 2.10 bits per heavy atom. The van der Waals surface area contributed by atoms with Gasteiger partial charge in [0.05, 0.1) is 31.1 Å². The largest absolute Gasteiger partial charge is 0.375 e. The van der Waals surface area contributed by atoms with E-state index in [-0.39, 0.29) is 0 Å². The Labute approximate surface area is 174 Å². The van der Waals surface area contributed by atoms with Gasteiger partial charge in [0.1, 0.15) is 16.8 Å². The number of nitriles is 1. The van der Waals surface area contributed by atoms with Gasteiger partial charge < -0.3 is 10.1 Å². The number of hydrogen-bond acceptors (Lipinski definition) is 7. The monoisotopic (exact) mass is 405 g/mol. The third kappa shape index (κ3) is 5.18. The molecule has 0 unspecified atom stereocenters. The second kappa shape index (κ2) is 9.61. The summed E-state index contributed by atoms with van der Waals surface area (Å²) < 4.78 is 5.87. The molecule has 0 radical (unpaired) electrons. The van der Waals surface area contributed by atoms with Crippen molar-refractivity contribution in [2.24, 2.45) is 0 Å². The number of ether oxygens (including phenoxy) is 1. The molecule has 1 N–H and O–H groups in total. The minimum Gasteiger partial charge on any atom is -0.375 e. The van der Waals surface area contributed by atoms with Gasteiger partial charge in [-0.3, -0.25) is 4.90 Å². The summed E-state index contributed by atoms with van der Waals surface area (Å²) in [6, 6.07) is 18.7. The van der Waals surface area contributed by atoms with Gasteiger partial charge in [0, 0.05) is 6.54 Å². The first-order valence-corrected chi connectivity index (χ1v) is 10.6. The molecule has 1 aliphatic rings. The highest BCUT2D eigenvalue weighted by Crippen LogP contribution is 2.31. The molecule has 7 heteroatoms. The van der Waals surface area contributed by atoms with Crippen LogP contribution in [-0.4, -0.2) is 34.6 Å². The van der Waals surface area contributed by atoms with Crippen LogP contribution in [0, 0.1) is 11.3 Å². The lowest BCUT2D eigenvalue weighted by atomic mass is 10.1. The summed E-state index contributed by atoms with van der Waals surface area (Å²) in [5.74, 6) is 0.758. The van der Waals surface area contributed by atoms with Gasteiger partial charge in [0.25, 0.3) is 0 Å². The third-order valence-electron chi connectivity index (χ3n) is 4.96. The molecule has 2 aromatic heterocycles. The van der Waals surface area contributed by atoms with Crippen molar-refractivity contribution in [1.29, 1.82) is 5.26 Å². The van der Waals surface area contributed by atoms with Crippen molar-refractivity contribution >= 4 is 22.3 Å². The summed E-state index contributed by atoms with van der Waals surface area (Å²) in [5, 5.41) is 12.8. The maximum atomic E-state index is 8.95. The first-order valence-electron chi connectivity index (χ1n) is 9.77. The lowest BCUT2D eigenvalue weighted by molar-refractivity contribution is 0.0882. The van der Waals surface area contributed by atoms with Crippen molar-refractivity contribution in [1.82, 2.24) is 14.9 Å². The highest BCUT2D eigenvalue weighted by Gasteiger charge is 2.26. The summed E-state index contributed by atoms with van der Waals surface area (Å²) in [5.41, 5.74) is 2.26. The van der Waals surface area contributed by atoms with E-state index < -0.39 is 0 Å². The van der Waals surface area contributed by atoms with Gasteiger partial charge in [-0.05, 0) is 37.1 Å². The molecule has 0 amide bonds. The van der Waals surface area contributed by atoms with Crippen LogP contribution in [0.4, 0.5) is 10.9 Å². The first-order chi connectivity index (χ1) is 14.3. The predicted molar refractivity (Wildman–Crippen MR) is 114 cm³/mol. The second-order valence-corrected chi connectivity index (χ2v) is 7.98. The highest BCUT2D eigenvalue weighted by molar-refractivity contribution is 7.16. The summed E-state index contributed by atoms with van der Waals surface area (Å²) >= 11 is 1.33. The summed E-state index contributed by atoms with van der Waals surface area (Å²) in [7, 11) is 0. The number of hydrogen-bond donors (Lipinski definition) is 1. The molecule has 4 rings (SSSR count). The molecule has 3 aromatic rings. The molecule has 1 aromatic carbocycles. The molecule has 1 aliphatic heterocycles. The molecule has 6 nitrogen and oxygen atoms in total. The zero-order chi connectivity index (χ0) is 19.9. The molecular weight excluding hydrogens is 382 g/mol. The van der Waals surface area contributed by atoms with Crippen LogP contribution in [-0.2, 0) is 11.3 Å². The molecule has 0 bridgehead atoms. The van der Waals surface area contributed by atoms with E-state index in [1.807, 2.05) is 30.3 Å². The Hall–Kier alpha value is -2.79. The van der Waals surface area contributed by atoms with Crippen molar-refractivity contribution < 1.29 is 4.74 Å². The minimum absolute atomic E-state index is 0.308. The molecule has 0 aliphatic carbocycles. The van der Waals surface area contributed by atoms with Crippen LogP contribution in [0.15, 0.2) is 54.7 Å². The number of rotatable bonds is 8. The van der Waals surface area contributed by atoms with Crippen LogP contribution in [0.3, 0.4) is 0 Å². The van der Waals surface area contributed by atoms with E-state index in [1.54, 1.807) is 6.20 Å². The van der Waals surface area contributed by atoms with Crippen LogP contribution in [0.5, 0.6) is 0 Å². The Morgan fingerprint density at radius 3 is 2.93 bits per heavy atom. The molecular formula is C22H23N5OS. The van der Waals surface area contributed by atoms with Gasteiger partial charge in [-0.15, -0.1) is 0 Å². The van der Waals surface area contributed by atoms with E-state index in [4.69, 9.17) is 15.0 Å². The SMILES string of the molecule is N#Cc1cnc(Nc2cccc([C@H]3CCCN3CCOCc3ccccc3)n2)s1. The Kier molecular flexibility index (Phi) is 6.47. The smallest absolute Gasteiger partial charge is 0.189 e. The quantitative estimate of drug-likeness (QED) is 0.556. The summed E-state index contributed by atoms with van der Waals surface area (Å²) in [6.45, 7) is 3.32. The van der Waals surface area contributed by atoms with E-state index in [0.717, 1.165) is 31.0 Å². The molecule has 3 heterocycles. The van der Waals surface area contributed by atoms with Crippen LogP contribution in [0.25, 0.3) is 0 Å². The average molecular weight is 406 g/mol. The topological polar surface area (TPSA) is 74.1 Å². The van der Waals surface area contributed by atoms with Crippen LogP contribution < -0.4 is 5.32 Å². The van der Waals surface area contributed by atoms with E-state index in [0.29, 0.717) is 29.3 Å². The molecule has 148 valence electrons. The van der Waals surface area contributed by atoms with Crippen molar-refractivity contribution in [2.75, 3.05) is 25.0 Å². The molecule has 1 atom stereocenters.